The molecule has 0 radical (unpaired) electrons. The van der Waals surface area contributed by atoms with E-state index in [-0.39, 0.29) is 0 Å². The van der Waals surface area contributed by atoms with Crippen molar-refractivity contribution < 1.29 is 4.79 Å². The molecule has 2 N–H and O–H groups in total. The van der Waals surface area contributed by atoms with Crippen LogP contribution in [0.2, 0.25) is 0 Å². The van der Waals surface area contributed by atoms with E-state index in [1.165, 1.54) is 6.42 Å². The number of carbonyl (C=O) groups excluding carboxylic acids is 1. The Kier molecular flexibility index (Phi) is 4.94. The van der Waals surface area contributed by atoms with Crippen LogP contribution in [0.1, 0.15) is 39.0 Å². The van der Waals surface area contributed by atoms with Crippen LogP contribution in [-0.2, 0) is 4.79 Å². The monoisotopic (exact) mass is 198 g/mol. The largest absolute Gasteiger partial charge is 0.342 e. The molecule has 82 valence electrons. The highest BCUT2D eigenvalue weighted by atomic mass is 16.2. The third-order valence-electron chi connectivity index (χ3n) is 2.87. The fourth-order valence-corrected chi connectivity index (χ4v) is 1.92. The lowest BCUT2D eigenvalue weighted by atomic mass is 10.1. The van der Waals surface area contributed by atoms with Gasteiger partial charge in [0.25, 0.3) is 0 Å². The van der Waals surface area contributed by atoms with Gasteiger partial charge in [-0.1, -0.05) is 13.3 Å². The molecule has 1 aliphatic rings. The number of hydrogen-bond donors (Lipinski definition) is 1. The maximum Gasteiger partial charge on any atom is 0.222 e. The third-order valence-corrected chi connectivity index (χ3v) is 2.87. The first-order chi connectivity index (χ1) is 6.74. The normalized spacial score (nSPS) is 21.6. The molecule has 1 fully saturated rings. The third kappa shape index (κ3) is 3.66. The minimum atomic E-state index is 0.339. The van der Waals surface area contributed by atoms with E-state index in [9.17, 15) is 4.79 Å². The summed E-state index contributed by atoms with van der Waals surface area (Å²) >= 11 is 0. The summed E-state index contributed by atoms with van der Waals surface area (Å²) in [6.45, 7) is 4.89. The van der Waals surface area contributed by atoms with Gasteiger partial charge in [-0.2, -0.15) is 0 Å². The molecule has 1 saturated heterocycles. The van der Waals surface area contributed by atoms with E-state index < -0.39 is 0 Å². The van der Waals surface area contributed by atoms with Gasteiger partial charge >= 0.3 is 0 Å². The standard InChI is InChI=1S/C11H22N2O/c1-10-6-8-13(9-10)11(14)5-3-2-4-7-12/h10H,2-9,12H2,1H3/t10-/m1/s1. The maximum atomic E-state index is 11.6. The molecule has 0 unspecified atom stereocenters. The Hall–Kier alpha value is -0.570. The molecule has 14 heavy (non-hydrogen) atoms. The molecular weight excluding hydrogens is 176 g/mol. The quantitative estimate of drug-likeness (QED) is 0.678. The molecule has 1 heterocycles. The van der Waals surface area contributed by atoms with Gasteiger partial charge in [0.15, 0.2) is 0 Å². The van der Waals surface area contributed by atoms with Gasteiger partial charge in [-0.15, -0.1) is 0 Å². The Bertz CT molecular complexity index is 182. The van der Waals surface area contributed by atoms with Gasteiger partial charge in [-0.25, -0.2) is 0 Å². The molecule has 0 spiro atoms. The van der Waals surface area contributed by atoms with Gasteiger partial charge in [-0.3, -0.25) is 4.79 Å². The molecule has 3 nitrogen and oxygen atoms in total. The molecule has 0 bridgehead atoms. The highest BCUT2D eigenvalue weighted by Crippen LogP contribution is 2.16. The number of amides is 1. The van der Waals surface area contributed by atoms with Crippen molar-refractivity contribution in [3.8, 4) is 0 Å². The van der Waals surface area contributed by atoms with Crippen LogP contribution in [0.15, 0.2) is 0 Å². The zero-order chi connectivity index (χ0) is 10.4. The summed E-state index contributed by atoms with van der Waals surface area (Å²) in [7, 11) is 0. The maximum absolute atomic E-state index is 11.6. The van der Waals surface area contributed by atoms with Crippen LogP contribution < -0.4 is 5.73 Å². The van der Waals surface area contributed by atoms with Crippen molar-refractivity contribution in [2.45, 2.75) is 39.0 Å². The zero-order valence-electron chi connectivity index (χ0n) is 9.17. The van der Waals surface area contributed by atoms with Gasteiger partial charge in [0, 0.05) is 19.5 Å². The van der Waals surface area contributed by atoms with Crippen LogP contribution in [0.3, 0.4) is 0 Å². The second-order valence-electron chi connectivity index (χ2n) is 4.33. The van der Waals surface area contributed by atoms with Gasteiger partial charge < -0.3 is 10.6 Å². The van der Waals surface area contributed by atoms with Gasteiger partial charge in [0.05, 0.1) is 0 Å². The fraction of sp³-hybridized carbons (Fsp3) is 0.909. The Morgan fingerprint density at radius 3 is 2.79 bits per heavy atom. The van der Waals surface area contributed by atoms with Crippen molar-refractivity contribution in [3.05, 3.63) is 0 Å². The van der Waals surface area contributed by atoms with E-state index in [0.29, 0.717) is 18.2 Å². The zero-order valence-corrected chi connectivity index (χ0v) is 9.17. The summed E-state index contributed by atoms with van der Waals surface area (Å²) in [5.41, 5.74) is 5.39. The van der Waals surface area contributed by atoms with E-state index >= 15 is 0 Å². The minimum Gasteiger partial charge on any atom is -0.342 e. The average molecular weight is 198 g/mol. The van der Waals surface area contributed by atoms with Crippen molar-refractivity contribution in [3.63, 3.8) is 0 Å². The number of carbonyl (C=O) groups is 1. The predicted octanol–water partition coefficient (Wildman–Crippen LogP) is 1.37. The first-order valence-electron chi connectivity index (χ1n) is 5.72. The summed E-state index contributed by atoms with van der Waals surface area (Å²) in [6, 6.07) is 0. The fourth-order valence-electron chi connectivity index (χ4n) is 1.92. The molecular formula is C11H22N2O. The molecule has 3 heteroatoms. The van der Waals surface area contributed by atoms with Crippen molar-refractivity contribution in [1.82, 2.24) is 4.90 Å². The Morgan fingerprint density at radius 2 is 2.21 bits per heavy atom. The Balaban J connectivity index is 2.09. The molecule has 1 amide bonds. The number of rotatable bonds is 5. The average Bonchev–Trinajstić information content (AvgIpc) is 2.59. The van der Waals surface area contributed by atoms with Crippen molar-refractivity contribution >= 4 is 5.91 Å². The van der Waals surface area contributed by atoms with Crippen LogP contribution in [0, 0.1) is 5.92 Å². The molecule has 1 aliphatic heterocycles. The first-order valence-corrected chi connectivity index (χ1v) is 5.72. The number of nitrogens with zero attached hydrogens (tertiary/aromatic N) is 1. The molecule has 1 rings (SSSR count). The topological polar surface area (TPSA) is 46.3 Å². The van der Waals surface area contributed by atoms with Crippen LogP contribution in [0.25, 0.3) is 0 Å². The molecule has 0 aromatic carbocycles. The molecule has 0 aromatic rings. The Labute approximate surface area is 86.6 Å². The number of unbranched alkanes of at least 4 members (excludes halogenated alkanes) is 2. The lowest BCUT2D eigenvalue weighted by Gasteiger charge is -2.15. The lowest BCUT2D eigenvalue weighted by Crippen LogP contribution is -2.28. The summed E-state index contributed by atoms with van der Waals surface area (Å²) in [4.78, 5) is 13.7. The number of hydrogen-bond acceptors (Lipinski definition) is 2. The van der Waals surface area contributed by atoms with Crippen LogP contribution in [0.5, 0.6) is 0 Å². The number of likely N-dealkylation sites (tertiary alicyclic amines) is 1. The van der Waals surface area contributed by atoms with E-state index in [0.717, 1.165) is 38.9 Å². The SMILES string of the molecule is C[C@@H]1CCN(C(=O)CCCCCN)C1. The van der Waals surface area contributed by atoms with E-state index in [2.05, 4.69) is 6.92 Å². The van der Waals surface area contributed by atoms with Crippen LogP contribution in [0.4, 0.5) is 0 Å². The highest BCUT2D eigenvalue weighted by Gasteiger charge is 2.22. The van der Waals surface area contributed by atoms with Crippen molar-refractivity contribution in [2.75, 3.05) is 19.6 Å². The second kappa shape index (κ2) is 6.02. The Morgan fingerprint density at radius 1 is 1.43 bits per heavy atom. The van der Waals surface area contributed by atoms with Gasteiger partial charge in [-0.05, 0) is 31.7 Å². The lowest BCUT2D eigenvalue weighted by molar-refractivity contribution is -0.130. The molecule has 0 aromatic heterocycles. The highest BCUT2D eigenvalue weighted by molar-refractivity contribution is 5.76. The summed E-state index contributed by atoms with van der Waals surface area (Å²) in [6.07, 6.45) is 5.03. The smallest absolute Gasteiger partial charge is 0.222 e. The summed E-state index contributed by atoms with van der Waals surface area (Å²) in [5, 5.41) is 0. The summed E-state index contributed by atoms with van der Waals surface area (Å²) in [5.74, 6) is 1.04. The second-order valence-corrected chi connectivity index (χ2v) is 4.33. The van der Waals surface area contributed by atoms with Gasteiger partial charge in [0.1, 0.15) is 0 Å². The molecule has 0 saturated carbocycles. The van der Waals surface area contributed by atoms with Crippen LogP contribution in [-0.4, -0.2) is 30.4 Å². The van der Waals surface area contributed by atoms with E-state index in [4.69, 9.17) is 5.73 Å². The van der Waals surface area contributed by atoms with Crippen LogP contribution >= 0.6 is 0 Å². The van der Waals surface area contributed by atoms with Crippen molar-refractivity contribution in [2.24, 2.45) is 11.7 Å². The molecule has 0 aliphatic carbocycles. The minimum absolute atomic E-state index is 0.339. The molecule has 1 atom stereocenters. The van der Waals surface area contributed by atoms with E-state index in [1.807, 2.05) is 4.90 Å². The predicted molar refractivity (Wildman–Crippen MR) is 57.9 cm³/mol. The van der Waals surface area contributed by atoms with E-state index in [1.54, 1.807) is 0 Å². The number of nitrogens with two attached hydrogens (primary N) is 1. The summed E-state index contributed by atoms with van der Waals surface area (Å²) < 4.78 is 0. The van der Waals surface area contributed by atoms with Gasteiger partial charge in [0.2, 0.25) is 5.91 Å². The first kappa shape index (κ1) is 11.5. The van der Waals surface area contributed by atoms with Crippen molar-refractivity contribution in [1.29, 1.82) is 0 Å².